The van der Waals surface area contributed by atoms with E-state index in [-0.39, 0.29) is 0 Å². The van der Waals surface area contributed by atoms with Crippen molar-refractivity contribution in [2.75, 3.05) is 45.6 Å². The third-order valence-electron chi connectivity index (χ3n) is 6.69. The molecule has 1 spiro atoms. The van der Waals surface area contributed by atoms with Crippen molar-refractivity contribution >= 4 is 17.7 Å². The Morgan fingerprint density at radius 2 is 2.17 bits per heavy atom. The second-order valence-corrected chi connectivity index (χ2v) is 9.50. The minimum absolute atomic E-state index is 0.363. The molecule has 0 bridgehead atoms. The molecule has 3 heterocycles. The number of hydrogen-bond acceptors (Lipinski definition) is 5. The van der Waals surface area contributed by atoms with Crippen LogP contribution in [0.25, 0.3) is 0 Å². The Bertz CT molecular complexity index is 693. The minimum Gasteiger partial charge on any atom is -0.381 e. The Labute approximate surface area is 179 Å². The smallest absolute Gasteiger partial charge is 0.193 e. The average molecular weight is 421 g/mol. The van der Waals surface area contributed by atoms with E-state index < -0.39 is 0 Å². The molecule has 1 saturated carbocycles. The number of guanidine groups is 1. The molecule has 2 aliphatic heterocycles. The molecule has 1 atom stereocenters. The highest BCUT2D eigenvalue weighted by atomic mass is 32.2. The van der Waals surface area contributed by atoms with Crippen molar-refractivity contribution in [1.29, 1.82) is 0 Å². The van der Waals surface area contributed by atoms with E-state index in [9.17, 15) is 0 Å². The molecule has 1 unspecified atom stereocenters. The van der Waals surface area contributed by atoms with Gasteiger partial charge in [-0.15, -0.1) is 10.2 Å². The summed E-state index contributed by atoms with van der Waals surface area (Å²) in [5, 5.41) is 13.5. The maximum absolute atomic E-state index is 5.68. The first-order valence-corrected chi connectivity index (χ1v) is 12.6. The van der Waals surface area contributed by atoms with E-state index >= 15 is 0 Å². The minimum atomic E-state index is 0.363. The lowest BCUT2D eigenvalue weighted by Crippen LogP contribution is -2.41. The molecular formula is C21H36N6OS. The van der Waals surface area contributed by atoms with Gasteiger partial charge in [-0.2, -0.15) is 0 Å². The van der Waals surface area contributed by atoms with Crippen molar-refractivity contribution in [3.8, 4) is 0 Å². The highest BCUT2D eigenvalue weighted by Gasteiger charge is 2.42. The number of thioether (sulfide) groups is 1. The van der Waals surface area contributed by atoms with Crippen LogP contribution in [0.4, 0.5) is 0 Å². The molecule has 7 nitrogen and oxygen atoms in total. The zero-order valence-electron chi connectivity index (χ0n) is 18.0. The first-order chi connectivity index (χ1) is 14.2. The van der Waals surface area contributed by atoms with Crippen molar-refractivity contribution in [2.24, 2.45) is 10.4 Å². The lowest BCUT2D eigenvalue weighted by atomic mass is 9.87. The van der Waals surface area contributed by atoms with Gasteiger partial charge in [-0.1, -0.05) is 24.6 Å². The Morgan fingerprint density at radius 1 is 1.31 bits per heavy atom. The number of nitrogens with one attached hydrogen (secondary N) is 1. The monoisotopic (exact) mass is 420 g/mol. The van der Waals surface area contributed by atoms with Gasteiger partial charge in [0.2, 0.25) is 0 Å². The number of aromatic nitrogens is 3. The SMILES string of the molecule is CCNC(=NCCCc1nnc(SC)n1C1CCCC1)N1CCC2(CCOC2)C1. The van der Waals surface area contributed by atoms with Gasteiger partial charge in [-0.25, -0.2) is 0 Å². The zero-order valence-corrected chi connectivity index (χ0v) is 18.8. The van der Waals surface area contributed by atoms with E-state index in [2.05, 4.69) is 38.2 Å². The quantitative estimate of drug-likeness (QED) is 0.316. The molecule has 29 heavy (non-hydrogen) atoms. The molecule has 162 valence electrons. The van der Waals surface area contributed by atoms with Crippen LogP contribution in [0, 0.1) is 5.41 Å². The van der Waals surface area contributed by atoms with Gasteiger partial charge in [-0.05, 0) is 45.3 Å². The topological polar surface area (TPSA) is 67.6 Å². The lowest BCUT2D eigenvalue weighted by molar-refractivity contribution is 0.156. The van der Waals surface area contributed by atoms with E-state index in [0.29, 0.717) is 11.5 Å². The van der Waals surface area contributed by atoms with Crippen molar-refractivity contribution in [3.63, 3.8) is 0 Å². The Morgan fingerprint density at radius 3 is 2.90 bits per heavy atom. The third kappa shape index (κ3) is 4.74. The molecule has 1 N–H and O–H groups in total. The summed E-state index contributed by atoms with van der Waals surface area (Å²) in [4.78, 5) is 7.38. The summed E-state index contributed by atoms with van der Waals surface area (Å²) < 4.78 is 8.09. The van der Waals surface area contributed by atoms with Gasteiger partial charge < -0.3 is 19.5 Å². The standard InChI is InChI=1S/C21H36N6OS/c1-3-22-19(26-13-10-21(15-26)11-14-28-16-21)23-12-6-9-18-24-25-20(29-2)27(18)17-7-4-5-8-17/h17H,3-16H2,1-2H3,(H,22,23). The average Bonchev–Trinajstić information content (AvgIpc) is 3.52. The fourth-order valence-corrected chi connectivity index (χ4v) is 5.66. The second kappa shape index (κ2) is 9.69. The van der Waals surface area contributed by atoms with Crippen molar-refractivity contribution in [2.45, 2.75) is 69.5 Å². The van der Waals surface area contributed by atoms with Crippen LogP contribution < -0.4 is 5.32 Å². The largest absolute Gasteiger partial charge is 0.381 e. The van der Waals surface area contributed by atoms with Crippen LogP contribution in [0.2, 0.25) is 0 Å². The number of hydrogen-bond donors (Lipinski definition) is 1. The molecule has 0 aromatic carbocycles. The molecular weight excluding hydrogens is 384 g/mol. The van der Waals surface area contributed by atoms with Gasteiger partial charge in [0.15, 0.2) is 11.1 Å². The Kier molecular flexibility index (Phi) is 7.00. The molecule has 8 heteroatoms. The highest BCUT2D eigenvalue weighted by Crippen LogP contribution is 2.38. The van der Waals surface area contributed by atoms with Crippen molar-refractivity contribution in [1.82, 2.24) is 25.0 Å². The molecule has 1 aliphatic carbocycles. The Balaban J connectivity index is 1.34. The molecule has 1 aromatic heterocycles. The molecule has 3 fully saturated rings. The van der Waals surface area contributed by atoms with Crippen LogP contribution in [-0.4, -0.2) is 71.3 Å². The third-order valence-corrected chi connectivity index (χ3v) is 7.33. The predicted octanol–water partition coefficient (Wildman–Crippen LogP) is 3.13. The van der Waals surface area contributed by atoms with Gasteiger partial charge in [0.25, 0.3) is 0 Å². The van der Waals surface area contributed by atoms with E-state index in [1.54, 1.807) is 11.8 Å². The first-order valence-electron chi connectivity index (χ1n) is 11.3. The number of aryl methyl sites for hydroxylation is 1. The molecule has 0 amide bonds. The summed E-state index contributed by atoms with van der Waals surface area (Å²) in [7, 11) is 0. The van der Waals surface area contributed by atoms with Gasteiger partial charge in [0.1, 0.15) is 5.82 Å². The van der Waals surface area contributed by atoms with Crippen LogP contribution in [-0.2, 0) is 11.2 Å². The summed E-state index contributed by atoms with van der Waals surface area (Å²) >= 11 is 1.71. The fraction of sp³-hybridized carbons (Fsp3) is 0.857. The number of aliphatic imine (C=N–C) groups is 1. The van der Waals surface area contributed by atoms with Crippen LogP contribution in [0.1, 0.15) is 63.7 Å². The zero-order chi connectivity index (χ0) is 20.1. The summed E-state index contributed by atoms with van der Waals surface area (Å²) in [6.07, 6.45) is 11.7. The summed E-state index contributed by atoms with van der Waals surface area (Å²) in [6, 6.07) is 0.595. The van der Waals surface area contributed by atoms with Gasteiger partial charge in [0, 0.05) is 50.7 Å². The molecule has 4 rings (SSSR count). The van der Waals surface area contributed by atoms with E-state index in [0.717, 1.165) is 69.2 Å². The van der Waals surface area contributed by atoms with Gasteiger partial charge in [-0.3, -0.25) is 4.99 Å². The predicted molar refractivity (Wildman–Crippen MR) is 118 cm³/mol. The van der Waals surface area contributed by atoms with E-state index in [4.69, 9.17) is 9.73 Å². The first kappa shape index (κ1) is 21.0. The van der Waals surface area contributed by atoms with E-state index in [1.165, 1.54) is 38.5 Å². The fourth-order valence-electron chi connectivity index (χ4n) is 5.08. The highest BCUT2D eigenvalue weighted by molar-refractivity contribution is 7.98. The normalized spacial score (nSPS) is 25.6. The number of ether oxygens (including phenoxy) is 1. The van der Waals surface area contributed by atoms with Crippen molar-refractivity contribution < 1.29 is 4.74 Å². The number of rotatable bonds is 7. The van der Waals surface area contributed by atoms with E-state index in [1.807, 2.05) is 0 Å². The van der Waals surface area contributed by atoms with Crippen LogP contribution in [0.3, 0.4) is 0 Å². The lowest BCUT2D eigenvalue weighted by Gasteiger charge is -2.25. The second-order valence-electron chi connectivity index (χ2n) is 8.72. The Hall–Kier alpha value is -1.28. The maximum atomic E-state index is 5.68. The maximum Gasteiger partial charge on any atom is 0.193 e. The van der Waals surface area contributed by atoms with Gasteiger partial charge in [0.05, 0.1) is 6.61 Å². The van der Waals surface area contributed by atoms with Crippen molar-refractivity contribution in [3.05, 3.63) is 5.82 Å². The summed E-state index contributed by atoms with van der Waals surface area (Å²) in [5.41, 5.74) is 0.363. The molecule has 2 saturated heterocycles. The molecule has 0 radical (unpaired) electrons. The van der Waals surface area contributed by atoms with Gasteiger partial charge >= 0.3 is 0 Å². The van der Waals surface area contributed by atoms with Crippen LogP contribution in [0.15, 0.2) is 10.1 Å². The number of likely N-dealkylation sites (tertiary alicyclic amines) is 1. The number of nitrogens with zero attached hydrogens (tertiary/aromatic N) is 5. The summed E-state index contributed by atoms with van der Waals surface area (Å²) in [6.45, 7) is 7.88. The van der Waals surface area contributed by atoms with Crippen LogP contribution >= 0.6 is 11.8 Å². The summed E-state index contributed by atoms with van der Waals surface area (Å²) in [5.74, 6) is 2.21. The molecule has 3 aliphatic rings. The molecule has 1 aromatic rings. The van der Waals surface area contributed by atoms with Crippen LogP contribution in [0.5, 0.6) is 0 Å².